The van der Waals surface area contributed by atoms with Crippen molar-refractivity contribution in [2.24, 2.45) is 5.92 Å². The first-order chi connectivity index (χ1) is 12.4. The van der Waals surface area contributed by atoms with Crippen molar-refractivity contribution in [3.8, 4) is 0 Å². The first-order valence-electron chi connectivity index (χ1n) is 9.46. The fraction of sp³-hybridized carbons (Fsp3) is 0.632. The highest BCUT2D eigenvalue weighted by atomic mass is 32.2. The van der Waals surface area contributed by atoms with Crippen LogP contribution in [0, 0.1) is 5.92 Å². The summed E-state index contributed by atoms with van der Waals surface area (Å²) < 4.78 is 32.7. The van der Waals surface area contributed by atoms with Gasteiger partial charge in [-0.25, -0.2) is 13.1 Å². The summed E-state index contributed by atoms with van der Waals surface area (Å²) in [4.78, 5) is 12.6. The molecule has 6 nitrogen and oxygen atoms in total. The van der Waals surface area contributed by atoms with Gasteiger partial charge in [-0.2, -0.15) is 0 Å². The molecule has 1 aromatic rings. The molecular weight excluding hydrogens is 352 g/mol. The molecule has 3 atom stereocenters. The van der Waals surface area contributed by atoms with Crippen LogP contribution in [0.5, 0.6) is 0 Å². The number of rotatable bonds is 6. The minimum absolute atomic E-state index is 0.0484. The second-order valence-corrected chi connectivity index (χ2v) is 9.22. The van der Waals surface area contributed by atoms with Crippen LogP contribution in [-0.2, 0) is 14.8 Å². The smallest absolute Gasteiger partial charge is 0.251 e. The topological polar surface area (TPSA) is 84.5 Å². The highest BCUT2D eigenvalue weighted by Gasteiger charge is 2.22. The van der Waals surface area contributed by atoms with Gasteiger partial charge < -0.3 is 10.1 Å². The summed E-state index contributed by atoms with van der Waals surface area (Å²) in [5, 5.41) is 3.07. The molecule has 0 bridgehead atoms. The molecular formula is C19H28N2O4S. The van der Waals surface area contributed by atoms with Crippen LogP contribution < -0.4 is 10.0 Å². The second-order valence-electron chi connectivity index (χ2n) is 7.45. The Balaban J connectivity index is 1.57. The van der Waals surface area contributed by atoms with Crippen LogP contribution in [0.4, 0.5) is 0 Å². The number of sulfonamides is 1. The molecule has 2 aliphatic rings. The molecule has 1 aliphatic heterocycles. The molecule has 0 aromatic heterocycles. The predicted molar refractivity (Wildman–Crippen MR) is 99.5 cm³/mol. The number of carbonyl (C=O) groups is 1. The van der Waals surface area contributed by atoms with Gasteiger partial charge in [0.25, 0.3) is 5.91 Å². The maximum Gasteiger partial charge on any atom is 0.251 e. The molecule has 1 amide bonds. The van der Waals surface area contributed by atoms with Gasteiger partial charge in [0.15, 0.2) is 0 Å². The van der Waals surface area contributed by atoms with Crippen molar-refractivity contribution < 1.29 is 17.9 Å². The summed E-state index contributed by atoms with van der Waals surface area (Å²) in [7, 11) is -3.59. The van der Waals surface area contributed by atoms with E-state index in [1.807, 2.05) is 0 Å². The van der Waals surface area contributed by atoms with Crippen molar-refractivity contribution >= 4 is 15.9 Å². The molecule has 3 rings (SSSR count). The minimum Gasteiger partial charge on any atom is -0.377 e. The normalized spacial score (nSPS) is 26.6. The van der Waals surface area contributed by atoms with E-state index in [4.69, 9.17) is 4.74 Å². The van der Waals surface area contributed by atoms with E-state index in [0.29, 0.717) is 18.1 Å². The fourth-order valence-corrected chi connectivity index (χ4v) is 4.78. The molecule has 7 heteroatoms. The zero-order valence-corrected chi connectivity index (χ0v) is 16.1. The van der Waals surface area contributed by atoms with Crippen LogP contribution >= 0.6 is 0 Å². The molecule has 0 radical (unpaired) electrons. The van der Waals surface area contributed by atoms with E-state index in [-0.39, 0.29) is 29.5 Å². The van der Waals surface area contributed by atoms with Crippen LogP contribution in [0.25, 0.3) is 0 Å². The monoisotopic (exact) mass is 380 g/mol. The Labute approximate surface area is 155 Å². The van der Waals surface area contributed by atoms with E-state index in [2.05, 4.69) is 17.0 Å². The van der Waals surface area contributed by atoms with Crippen LogP contribution in [0.3, 0.4) is 0 Å². The average Bonchev–Trinajstić information content (AvgIpc) is 3.14. The van der Waals surface area contributed by atoms with Gasteiger partial charge in [-0.05, 0) is 55.9 Å². The summed E-state index contributed by atoms with van der Waals surface area (Å²) in [5.74, 6) is 0.497. The molecule has 26 heavy (non-hydrogen) atoms. The number of benzene rings is 1. The van der Waals surface area contributed by atoms with Crippen LogP contribution in [0.15, 0.2) is 29.2 Å². The Bertz CT molecular complexity index is 712. The van der Waals surface area contributed by atoms with Gasteiger partial charge in [0.2, 0.25) is 10.0 Å². The molecule has 1 aliphatic carbocycles. The summed E-state index contributed by atoms with van der Waals surface area (Å²) in [5.41, 5.74) is 0.487. The van der Waals surface area contributed by atoms with Crippen LogP contribution in [0.1, 0.15) is 55.8 Å². The van der Waals surface area contributed by atoms with E-state index in [9.17, 15) is 13.2 Å². The number of hydrogen-bond donors (Lipinski definition) is 2. The van der Waals surface area contributed by atoms with Crippen molar-refractivity contribution in [2.75, 3.05) is 13.2 Å². The number of ether oxygens (including phenoxy) is 1. The Hall–Kier alpha value is -1.44. The first-order valence-corrected chi connectivity index (χ1v) is 10.9. The lowest BCUT2D eigenvalue weighted by Crippen LogP contribution is -2.38. The number of hydrogen-bond acceptors (Lipinski definition) is 4. The Morgan fingerprint density at radius 2 is 1.92 bits per heavy atom. The quantitative estimate of drug-likeness (QED) is 0.794. The highest BCUT2D eigenvalue weighted by Crippen LogP contribution is 2.23. The maximum atomic E-state index is 12.4. The molecule has 0 spiro atoms. The van der Waals surface area contributed by atoms with Gasteiger partial charge >= 0.3 is 0 Å². The highest BCUT2D eigenvalue weighted by molar-refractivity contribution is 7.89. The standard InChI is InChI=1S/C19H28N2O4S/c1-14-4-2-5-16(12-14)21-19(22)15-7-9-18(10-8-15)26(23,24)20-13-17-6-3-11-25-17/h7-10,14,16-17,20H,2-6,11-13H2,1H3,(H,21,22). The molecule has 2 N–H and O–H groups in total. The molecule has 1 saturated heterocycles. The number of nitrogens with one attached hydrogen (secondary N) is 2. The fourth-order valence-electron chi connectivity index (χ4n) is 3.71. The van der Waals surface area contributed by atoms with Gasteiger partial charge in [-0.15, -0.1) is 0 Å². The van der Waals surface area contributed by atoms with Crippen molar-refractivity contribution in [2.45, 2.75) is 62.5 Å². The van der Waals surface area contributed by atoms with E-state index in [0.717, 1.165) is 32.1 Å². The zero-order valence-electron chi connectivity index (χ0n) is 15.2. The van der Waals surface area contributed by atoms with Gasteiger partial charge in [0, 0.05) is 24.8 Å². The lowest BCUT2D eigenvalue weighted by atomic mass is 9.87. The maximum absolute atomic E-state index is 12.4. The third-order valence-electron chi connectivity index (χ3n) is 5.22. The predicted octanol–water partition coefficient (Wildman–Crippen LogP) is 2.45. The van der Waals surface area contributed by atoms with Crippen LogP contribution in [-0.4, -0.2) is 39.6 Å². The molecule has 144 valence electrons. The van der Waals surface area contributed by atoms with E-state index >= 15 is 0 Å². The largest absolute Gasteiger partial charge is 0.377 e. The molecule has 1 aromatic carbocycles. The van der Waals surface area contributed by atoms with Crippen LogP contribution in [0.2, 0.25) is 0 Å². The van der Waals surface area contributed by atoms with Crippen molar-refractivity contribution in [1.82, 2.24) is 10.0 Å². The van der Waals surface area contributed by atoms with Gasteiger partial charge in [0.05, 0.1) is 11.0 Å². The second kappa shape index (κ2) is 8.50. The molecule has 1 saturated carbocycles. The average molecular weight is 381 g/mol. The summed E-state index contributed by atoms with van der Waals surface area (Å²) in [6, 6.07) is 6.32. The van der Waals surface area contributed by atoms with E-state index in [1.165, 1.54) is 18.6 Å². The Morgan fingerprint density at radius 3 is 2.58 bits per heavy atom. The third-order valence-corrected chi connectivity index (χ3v) is 6.66. The lowest BCUT2D eigenvalue weighted by molar-refractivity contribution is 0.0921. The van der Waals surface area contributed by atoms with Gasteiger partial charge in [-0.3, -0.25) is 4.79 Å². The Kier molecular flexibility index (Phi) is 6.32. The first kappa shape index (κ1) is 19.3. The SMILES string of the molecule is CC1CCCC(NC(=O)c2ccc(S(=O)(=O)NCC3CCCO3)cc2)C1. The van der Waals surface area contributed by atoms with Crippen molar-refractivity contribution in [3.05, 3.63) is 29.8 Å². The van der Waals surface area contributed by atoms with Gasteiger partial charge in [0.1, 0.15) is 0 Å². The van der Waals surface area contributed by atoms with E-state index in [1.54, 1.807) is 12.1 Å². The molecule has 2 fully saturated rings. The van der Waals surface area contributed by atoms with Crippen molar-refractivity contribution in [1.29, 1.82) is 0 Å². The summed E-state index contributed by atoms with van der Waals surface area (Å²) in [6.45, 7) is 3.18. The summed E-state index contributed by atoms with van der Waals surface area (Å²) in [6.07, 6.45) is 6.17. The van der Waals surface area contributed by atoms with Crippen molar-refractivity contribution in [3.63, 3.8) is 0 Å². The molecule has 1 heterocycles. The zero-order chi connectivity index (χ0) is 18.6. The molecule has 3 unspecified atom stereocenters. The number of amides is 1. The van der Waals surface area contributed by atoms with Gasteiger partial charge in [-0.1, -0.05) is 19.8 Å². The minimum atomic E-state index is -3.59. The van der Waals surface area contributed by atoms with E-state index < -0.39 is 10.0 Å². The summed E-state index contributed by atoms with van der Waals surface area (Å²) >= 11 is 0. The number of carbonyl (C=O) groups excluding carboxylic acids is 1. The third kappa shape index (κ3) is 5.05. The Morgan fingerprint density at radius 1 is 1.15 bits per heavy atom. The lowest BCUT2D eigenvalue weighted by Gasteiger charge is -2.27.